The second-order valence-electron chi connectivity index (χ2n) is 11.4. The summed E-state index contributed by atoms with van der Waals surface area (Å²) in [5.41, 5.74) is 0.922. The van der Waals surface area contributed by atoms with Gasteiger partial charge in [0.25, 0.3) is 0 Å². The van der Waals surface area contributed by atoms with Crippen LogP contribution in [0.1, 0.15) is 18.9 Å². The molecular formula is C31H42O17. The van der Waals surface area contributed by atoms with Crippen molar-refractivity contribution in [2.45, 2.75) is 87.5 Å². The number of aliphatic hydroxyl groups is 7. The Bertz CT molecular complexity index is 1280. The highest BCUT2D eigenvalue weighted by Gasteiger charge is 2.48. The van der Waals surface area contributed by atoms with Gasteiger partial charge < -0.3 is 74.0 Å². The average Bonchev–Trinajstić information content (AvgIpc) is 3.08. The van der Waals surface area contributed by atoms with Gasteiger partial charge in [-0.15, -0.1) is 0 Å². The Labute approximate surface area is 275 Å². The molecule has 0 aliphatic carbocycles. The first-order chi connectivity index (χ1) is 22.9. The van der Waals surface area contributed by atoms with Gasteiger partial charge in [-0.05, 0) is 31.0 Å². The predicted octanol–water partition coefficient (Wildman–Crippen LogP) is -2.52. The van der Waals surface area contributed by atoms with E-state index in [1.54, 1.807) is 19.1 Å². The summed E-state index contributed by atoms with van der Waals surface area (Å²) >= 11 is 0. The molecule has 3 aliphatic rings. The Balaban J connectivity index is 1.39. The third-order valence-electron chi connectivity index (χ3n) is 8.29. The van der Waals surface area contributed by atoms with Crippen LogP contribution in [0.15, 0.2) is 47.7 Å². The van der Waals surface area contributed by atoms with E-state index in [2.05, 4.69) is 0 Å². The van der Waals surface area contributed by atoms with E-state index < -0.39 is 105 Å². The number of allylic oxidation sites excluding steroid dienone is 1. The van der Waals surface area contributed by atoms with E-state index >= 15 is 0 Å². The van der Waals surface area contributed by atoms with Crippen LogP contribution in [0.5, 0.6) is 5.75 Å². The number of ether oxygens (including phenoxy) is 7. The molecule has 2 saturated heterocycles. The van der Waals surface area contributed by atoms with Crippen LogP contribution in [0.3, 0.4) is 0 Å². The minimum atomic E-state index is -1.75. The van der Waals surface area contributed by atoms with Gasteiger partial charge in [0.15, 0.2) is 12.6 Å². The number of rotatable bonds is 12. The predicted molar refractivity (Wildman–Crippen MR) is 157 cm³/mol. The van der Waals surface area contributed by atoms with Crippen LogP contribution in [0.4, 0.5) is 0 Å². The lowest BCUT2D eigenvalue weighted by Gasteiger charge is -2.42. The van der Waals surface area contributed by atoms with Crippen LogP contribution >= 0.6 is 0 Å². The number of hydrogen-bond acceptors (Lipinski definition) is 17. The maximum Gasteiger partial charge on any atom is 0.337 e. The Kier molecular flexibility index (Phi) is 13.3. The molecule has 17 heteroatoms. The lowest BCUT2D eigenvalue weighted by Crippen LogP contribution is -2.60. The summed E-state index contributed by atoms with van der Waals surface area (Å²) in [7, 11) is 1.12. The quantitative estimate of drug-likeness (QED) is 0.0834. The fourth-order valence-corrected chi connectivity index (χ4v) is 5.47. The fourth-order valence-electron chi connectivity index (χ4n) is 5.47. The number of phenolic OH excluding ortho intramolecular Hbond substituents is 1. The highest BCUT2D eigenvalue weighted by Crippen LogP contribution is 2.36. The Morgan fingerprint density at radius 2 is 1.50 bits per heavy atom. The standard InChI is InChI=1S/C31H42O17/c1-3-16-17(18(28(41)42-2)12-45-29(16)48-31-27(40)24(37)22(35)19(11-32)46-31)10-21(34)44-13-20-23(36)25(38)26(39)30(47-20)43-9-8-14-4-6-15(33)7-5-14/h3-7,12,17,19-20,22-27,29-33,35-40H,8-11,13H2,1-2H3/b16-3-/t17-,19+,20+,22+,23-,24+,25-,26-,27+,29-,30-,31+/m0/s1. The van der Waals surface area contributed by atoms with Crippen molar-refractivity contribution in [3.05, 3.63) is 53.3 Å². The van der Waals surface area contributed by atoms with E-state index in [-0.39, 0.29) is 23.5 Å². The average molecular weight is 687 g/mol. The molecule has 3 heterocycles. The van der Waals surface area contributed by atoms with Crippen molar-refractivity contribution in [2.75, 3.05) is 26.9 Å². The molecule has 3 aliphatic heterocycles. The molecule has 1 aromatic rings. The molecule has 0 spiro atoms. The first-order valence-electron chi connectivity index (χ1n) is 15.2. The van der Waals surface area contributed by atoms with Gasteiger partial charge in [0.2, 0.25) is 6.29 Å². The molecule has 1 aromatic carbocycles. The highest BCUT2D eigenvalue weighted by molar-refractivity contribution is 5.90. The number of esters is 2. The van der Waals surface area contributed by atoms with Crippen molar-refractivity contribution in [1.29, 1.82) is 0 Å². The summed E-state index contributed by atoms with van der Waals surface area (Å²) in [5, 5.41) is 80.8. The van der Waals surface area contributed by atoms with E-state index in [0.29, 0.717) is 6.42 Å². The molecule has 0 radical (unpaired) electrons. The second-order valence-corrected chi connectivity index (χ2v) is 11.4. The van der Waals surface area contributed by atoms with Crippen LogP contribution in [0, 0.1) is 5.92 Å². The molecule has 17 nitrogen and oxygen atoms in total. The first-order valence-corrected chi connectivity index (χ1v) is 15.2. The summed E-state index contributed by atoms with van der Waals surface area (Å²) in [6, 6.07) is 6.37. The van der Waals surface area contributed by atoms with Crippen molar-refractivity contribution >= 4 is 11.9 Å². The number of aromatic hydroxyl groups is 1. The molecule has 268 valence electrons. The highest BCUT2D eigenvalue weighted by atomic mass is 16.8. The SMILES string of the molecule is C/C=C1\[C@H](O[C@H]2O[C@H](CO)[C@@H](O)[C@@H](O)[C@H]2O)OC=C(C(=O)OC)[C@H]1CC(=O)OC[C@H]1O[C@H](OCCc2ccc(O)cc2)[C@@H](O)[C@@H](O)[C@H]1O. The van der Waals surface area contributed by atoms with Gasteiger partial charge in [-0.3, -0.25) is 4.79 Å². The van der Waals surface area contributed by atoms with E-state index in [0.717, 1.165) is 18.9 Å². The van der Waals surface area contributed by atoms with Gasteiger partial charge in [-0.25, -0.2) is 4.79 Å². The smallest absolute Gasteiger partial charge is 0.337 e. The van der Waals surface area contributed by atoms with Crippen LogP contribution in [-0.2, 0) is 49.2 Å². The largest absolute Gasteiger partial charge is 0.508 e. The Hall–Kier alpha value is -3.20. The number of aliphatic hydroxyl groups excluding tert-OH is 7. The molecule has 48 heavy (non-hydrogen) atoms. The number of hydrogen-bond donors (Lipinski definition) is 8. The number of carbonyl (C=O) groups is 2. The molecule has 2 fully saturated rings. The minimum absolute atomic E-state index is 0.0483. The van der Waals surface area contributed by atoms with E-state index in [4.69, 9.17) is 33.2 Å². The first kappa shape index (κ1) is 37.6. The zero-order valence-electron chi connectivity index (χ0n) is 26.2. The summed E-state index contributed by atoms with van der Waals surface area (Å²) in [5.74, 6) is -2.69. The summed E-state index contributed by atoms with van der Waals surface area (Å²) in [6.07, 6.45) is -14.6. The van der Waals surface area contributed by atoms with Crippen LogP contribution < -0.4 is 0 Å². The fraction of sp³-hybridized carbons (Fsp3) is 0.613. The van der Waals surface area contributed by atoms with Gasteiger partial charge in [0, 0.05) is 11.5 Å². The molecule has 0 amide bonds. The van der Waals surface area contributed by atoms with Gasteiger partial charge in [0.05, 0.1) is 38.6 Å². The number of carbonyl (C=O) groups excluding carboxylic acids is 2. The van der Waals surface area contributed by atoms with Crippen LogP contribution in [0.2, 0.25) is 0 Å². The lowest BCUT2D eigenvalue weighted by atomic mass is 9.86. The summed E-state index contributed by atoms with van der Waals surface area (Å²) in [4.78, 5) is 25.7. The summed E-state index contributed by atoms with van der Waals surface area (Å²) in [6.45, 7) is 0.335. The van der Waals surface area contributed by atoms with Crippen molar-refractivity contribution in [2.24, 2.45) is 5.92 Å². The van der Waals surface area contributed by atoms with Crippen molar-refractivity contribution in [3.63, 3.8) is 0 Å². The van der Waals surface area contributed by atoms with Gasteiger partial charge >= 0.3 is 11.9 Å². The Morgan fingerprint density at radius 1 is 0.875 bits per heavy atom. The van der Waals surface area contributed by atoms with E-state index in [1.165, 1.54) is 18.2 Å². The third kappa shape index (κ3) is 8.68. The van der Waals surface area contributed by atoms with Crippen LogP contribution in [0.25, 0.3) is 0 Å². The topological polar surface area (TPSA) is 261 Å². The lowest BCUT2D eigenvalue weighted by molar-refractivity contribution is -0.327. The van der Waals surface area contributed by atoms with Gasteiger partial charge in [-0.1, -0.05) is 18.2 Å². The number of phenols is 1. The normalized spacial score (nSPS) is 36.2. The molecule has 0 bridgehead atoms. The van der Waals surface area contributed by atoms with E-state index in [9.17, 15) is 50.4 Å². The van der Waals surface area contributed by atoms with Crippen molar-refractivity contribution in [3.8, 4) is 5.75 Å². The van der Waals surface area contributed by atoms with Gasteiger partial charge in [-0.2, -0.15) is 0 Å². The zero-order valence-corrected chi connectivity index (χ0v) is 26.2. The Morgan fingerprint density at radius 3 is 2.12 bits per heavy atom. The third-order valence-corrected chi connectivity index (χ3v) is 8.29. The molecule has 0 aromatic heterocycles. The minimum Gasteiger partial charge on any atom is -0.508 e. The second kappa shape index (κ2) is 17.0. The molecule has 0 saturated carbocycles. The number of methoxy groups -OCH3 is 1. The molecule has 12 atom stereocenters. The summed E-state index contributed by atoms with van der Waals surface area (Å²) < 4.78 is 38.0. The van der Waals surface area contributed by atoms with Gasteiger partial charge in [0.1, 0.15) is 61.2 Å². The molecular weight excluding hydrogens is 644 g/mol. The number of benzene rings is 1. The monoisotopic (exact) mass is 686 g/mol. The molecule has 0 unspecified atom stereocenters. The maximum atomic E-state index is 13.1. The maximum absolute atomic E-state index is 13.1. The molecule has 4 rings (SSSR count). The van der Waals surface area contributed by atoms with Crippen molar-refractivity contribution in [1.82, 2.24) is 0 Å². The van der Waals surface area contributed by atoms with Crippen LogP contribution in [-0.4, -0.2) is 147 Å². The van der Waals surface area contributed by atoms with E-state index in [1.807, 2.05) is 0 Å². The van der Waals surface area contributed by atoms with Crippen molar-refractivity contribution < 1.29 is 83.6 Å². The molecule has 8 N–H and O–H groups in total. The zero-order chi connectivity index (χ0) is 35.1.